The van der Waals surface area contributed by atoms with Gasteiger partial charge in [-0.05, 0) is 19.4 Å². The van der Waals surface area contributed by atoms with Gasteiger partial charge in [0.1, 0.15) is 0 Å². The van der Waals surface area contributed by atoms with Crippen LogP contribution in [0.15, 0.2) is 30.3 Å². The Morgan fingerprint density at radius 1 is 1.11 bits per heavy atom. The number of anilines is 3. The van der Waals surface area contributed by atoms with Crippen molar-refractivity contribution in [3.05, 3.63) is 46.0 Å². The summed E-state index contributed by atoms with van der Waals surface area (Å²) in [4.78, 5) is 26.1. The Morgan fingerprint density at radius 2 is 1.75 bits per heavy atom. The van der Waals surface area contributed by atoms with Gasteiger partial charge in [0.15, 0.2) is 0 Å². The molecule has 1 fully saturated rings. The molecule has 2 aromatic rings. The molecule has 1 aromatic carbocycles. The standard InChI is InChI=1S/C19H27N7O2/c1-3-24(4-2)19-21-17(20)16(26(27)28)18(22-19)25-12-10-23(11-13-25)14-15-8-6-5-7-9-15/h5-9H,3-4,10-14H2,1-2H3,(H2,20,21,22). The van der Waals surface area contributed by atoms with Crippen LogP contribution in [-0.2, 0) is 6.54 Å². The first-order valence-electron chi connectivity index (χ1n) is 9.61. The van der Waals surface area contributed by atoms with E-state index in [0.29, 0.717) is 37.9 Å². The van der Waals surface area contributed by atoms with Gasteiger partial charge >= 0.3 is 5.69 Å². The van der Waals surface area contributed by atoms with Gasteiger partial charge in [-0.2, -0.15) is 9.97 Å². The maximum absolute atomic E-state index is 11.6. The van der Waals surface area contributed by atoms with Crippen LogP contribution in [0.1, 0.15) is 19.4 Å². The molecule has 9 heteroatoms. The summed E-state index contributed by atoms with van der Waals surface area (Å²) in [5.74, 6) is 0.678. The summed E-state index contributed by atoms with van der Waals surface area (Å²) in [7, 11) is 0. The van der Waals surface area contributed by atoms with E-state index in [1.807, 2.05) is 41.8 Å². The lowest BCUT2D eigenvalue weighted by Gasteiger charge is -2.35. The summed E-state index contributed by atoms with van der Waals surface area (Å²) in [6, 6.07) is 10.3. The lowest BCUT2D eigenvalue weighted by molar-refractivity contribution is -0.383. The first-order chi connectivity index (χ1) is 13.5. The molecular weight excluding hydrogens is 358 g/mol. The molecule has 0 spiro atoms. The molecular formula is C19H27N7O2. The van der Waals surface area contributed by atoms with Gasteiger partial charge in [-0.1, -0.05) is 30.3 Å². The Bertz CT molecular complexity index is 803. The van der Waals surface area contributed by atoms with Crippen molar-refractivity contribution < 1.29 is 4.92 Å². The summed E-state index contributed by atoms with van der Waals surface area (Å²) in [6.07, 6.45) is 0. The Hall–Kier alpha value is -2.94. The number of hydrogen-bond acceptors (Lipinski definition) is 8. The van der Waals surface area contributed by atoms with Gasteiger partial charge in [0.25, 0.3) is 0 Å². The number of aromatic nitrogens is 2. The largest absolute Gasteiger partial charge is 0.378 e. The van der Waals surface area contributed by atoms with Crippen LogP contribution in [0.25, 0.3) is 0 Å². The van der Waals surface area contributed by atoms with Crippen LogP contribution >= 0.6 is 0 Å². The molecule has 3 rings (SSSR count). The van der Waals surface area contributed by atoms with Crippen molar-refractivity contribution in [1.82, 2.24) is 14.9 Å². The summed E-state index contributed by atoms with van der Waals surface area (Å²) in [6.45, 7) is 9.18. The van der Waals surface area contributed by atoms with Gasteiger partial charge in [0, 0.05) is 45.8 Å². The second kappa shape index (κ2) is 8.83. The van der Waals surface area contributed by atoms with E-state index in [1.165, 1.54) is 5.56 Å². The molecule has 1 aliphatic rings. The molecule has 1 saturated heterocycles. The third kappa shape index (κ3) is 4.30. The normalized spacial score (nSPS) is 14.9. The van der Waals surface area contributed by atoms with E-state index >= 15 is 0 Å². The highest BCUT2D eigenvalue weighted by atomic mass is 16.6. The molecule has 0 aliphatic carbocycles. The SMILES string of the molecule is CCN(CC)c1nc(N)c([N+](=O)[O-])c(N2CCN(Cc3ccccc3)CC2)n1. The monoisotopic (exact) mass is 385 g/mol. The fourth-order valence-corrected chi connectivity index (χ4v) is 3.45. The number of piperazine rings is 1. The van der Waals surface area contributed by atoms with Crippen molar-refractivity contribution in [3.63, 3.8) is 0 Å². The molecule has 0 atom stereocenters. The molecule has 28 heavy (non-hydrogen) atoms. The second-order valence-electron chi connectivity index (χ2n) is 6.76. The molecule has 1 aromatic heterocycles. The van der Waals surface area contributed by atoms with Gasteiger partial charge in [0.05, 0.1) is 4.92 Å². The van der Waals surface area contributed by atoms with Gasteiger partial charge in [-0.25, -0.2) is 0 Å². The minimum atomic E-state index is -0.479. The maximum Gasteiger partial charge on any atom is 0.353 e. The minimum absolute atomic E-state index is 0.0800. The van der Waals surface area contributed by atoms with Crippen LogP contribution in [0.2, 0.25) is 0 Å². The van der Waals surface area contributed by atoms with Crippen LogP contribution in [0, 0.1) is 10.1 Å². The zero-order valence-corrected chi connectivity index (χ0v) is 16.4. The van der Waals surface area contributed by atoms with Gasteiger partial charge in [0.2, 0.25) is 17.6 Å². The van der Waals surface area contributed by atoms with Crippen molar-refractivity contribution in [2.45, 2.75) is 20.4 Å². The Kier molecular flexibility index (Phi) is 6.25. The van der Waals surface area contributed by atoms with E-state index in [9.17, 15) is 10.1 Å². The molecule has 150 valence electrons. The van der Waals surface area contributed by atoms with Gasteiger partial charge in [-0.15, -0.1) is 0 Å². The van der Waals surface area contributed by atoms with Crippen LogP contribution in [-0.4, -0.2) is 59.1 Å². The molecule has 0 amide bonds. The average molecular weight is 385 g/mol. The Morgan fingerprint density at radius 3 is 2.32 bits per heavy atom. The van der Waals surface area contributed by atoms with Crippen LogP contribution < -0.4 is 15.5 Å². The number of nitro groups is 1. The van der Waals surface area contributed by atoms with Crippen molar-refractivity contribution in [2.24, 2.45) is 0 Å². The number of nitrogens with zero attached hydrogens (tertiary/aromatic N) is 6. The van der Waals surface area contributed by atoms with Crippen molar-refractivity contribution >= 4 is 23.3 Å². The third-order valence-corrected chi connectivity index (χ3v) is 5.03. The molecule has 0 bridgehead atoms. The van der Waals surface area contributed by atoms with E-state index in [2.05, 4.69) is 27.0 Å². The summed E-state index contributed by atoms with van der Waals surface area (Å²) < 4.78 is 0. The van der Waals surface area contributed by atoms with Crippen LogP contribution in [0.5, 0.6) is 0 Å². The number of nitrogen functional groups attached to an aromatic ring is 1. The van der Waals surface area contributed by atoms with E-state index < -0.39 is 4.92 Å². The van der Waals surface area contributed by atoms with Crippen LogP contribution in [0.3, 0.4) is 0 Å². The summed E-state index contributed by atoms with van der Waals surface area (Å²) >= 11 is 0. The third-order valence-electron chi connectivity index (χ3n) is 5.03. The number of benzene rings is 1. The van der Waals surface area contributed by atoms with E-state index in [4.69, 9.17) is 5.73 Å². The van der Waals surface area contributed by atoms with E-state index in [0.717, 1.165) is 19.6 Å². The van der Waals surface area contributed by atoms with Crippen molar-refractivity contribution in [1.29, 1.82) is 0 Å². The number of hydrogen-bond donors (Lipinski definition) is 1. The molecule has 1 aliphatic heterocycles. The highest BCUT2D eigenvalue weighted by Crippen LogP contribution is 2.33. The lowest BCUT2D eigenvalue weighted by atomic mass is 10.2. The smallest absolute Gasteiger partial charge is 0.353 e. The quantitative estimate of drug-likeness (QED) is 0.571. The Labute approximate surface area is 164 Å². The molecule has 0 radical (unpaired) electrons. The summed E-state index contributed by atoms with van der Waals surface area (Å²) in [5, 5.41) is 11.6. The lowest BCUT2D eigenvalue weighted by Crippen LogP contribution is -2.46. The fourth-order valence-electron chi connectivity index (χ4n) is 3.45. The zero-order valence-electron chi connectivity index (χ0n) is 16.4. The topological polar surface area (TPSA) is 105 Å². The average Bonchev–Trinajstić information content (AvgIpc) is 2.69. The first kappa shape index (κ1) is 19.8. The molecule has 2 N–H and O–H groups in total. The molecule has 9 nitrogen and oxygen atoms in total. The fraction of sp³-hybridized carbons (Fsp3) is 0.474. The maximum atomic E-state index is 11.6. The number of nitrogens with two attached hydrogens (primary N) is 1. The van der Waals surface area contributed by atoms with Crippen LogP contribution in [0.4, 0.5) is 23.3 Å². The highest BCUT2D eigenvalue weighted by Gasteiger charge is 2.30. The van der Waals surface area contributed by atoms with E-state index in [-0.39, 0.29) is 11.5 Å². The minimum Gasteiger partial charge on any atom is -0.378 e. The predicted molar refractivity (Wildman–Crippen MR) is 111 cm³/mol. The predicted octanol–water partition coefficient (Wildman–Crippen LogP) is 2.14. The summed E-state index contributed by atoms with van der Waals surface area (Å²) in [5.41, 5.74) is 7.01. The Balaban J connectivity index is 1.79. The molecule has 2 heterocycles. The van der Waals surface area contributed by atoms with Gasteiger partial charge in [-0.3, -0.25) is 15.0 Å². The van der Waals surface area contributed by atoms with Crippen molar-refractivity contribution in [2.75, 3.05) is 54.8 Å². The van der Waals surface area contributed by atoms with Gasteiger partial charge < -0.3 is 15.5 Å². The van der Waals surface area contributed by atoms with Crippen molar-refractivity contribution in [3.8, 4) is 0 Å². The first-order valence-corrected chi connectivity index (χ1v) is 9.61. The number of rotatable bonds is 7. The molecule has 0 saturated carbocycles. The zero-order chi connectivity index (χ0) is 20.1. The highest BCUT2D eigenvalue weighted by molar-refractivity contribution is 5.71. The van der Waals surface area contributed by atoms with E-state index in [1.54, 1.807) is 0 Å². The second-order valence-corrected chi connectivity index (χ2v) is 6.76. The molecule has 0 unspecified atom stereocenters.